The Bertz CT molecular complexity index is 240. The minimum absolute atomic E-state index is 0.297. The molecule has 0 spiro atoms. The second kappa shape index (κ2) is 5.79. The number of ether oxygens (including phenoxy) is 1. The molecule has 0 aromatic carbocycles. The predicted molar refractivity (Wildman–Crippen MR) is 45.6 cm³/mol. The summed E-state index contributed by atoms with van der Waals surface area (Å²) in [5.74, 6) is -1.76. The van der Waals surface area contributed by atoms with E-state index < -0.39 is 24.0 Å². The molecule has 0 saturated heterocycles. The highest BCUT2D eigenvalue weighted by atomic mass is 16.5. The summed E-state index contributed by atoms with van der Waals surface area (Å²) in [4.78, 5) is 31.7. The Morgan fingerprint density at radius 3 is 2.43 bits per heavy atom. The van der Waals surface area contributed by atoms with Gasteiger partial charge in [-0.25, -0.2) is 4.79 Å². The number of aliphatic carboxylic acids is 1. The van der Waals surface area contributed by atoms with Gasteiger partial charge in [0.25, 0.3) is 0 Å². The monoisotopic (exact) mass is 204 g/mol. The van der Waals surface area contributed by atoms with Gasteiger partial charge in [-0.1, -0.05) is 0 Å². The fourth-order valence-corrected chi connectivity index (χ4v) is 0.534. The Balaban J connectivity index is 3.76. The Hall–Kier alpha value is -1.79. The van der Waals surface area contributed by atoms with Crippen LogP contribution in [0.25, 0.3) is 0 Å². The van der Waals surface area contributed by atoms with Crippen molar-refractivity contribution in [3.8, 4) is 0 Å². The first-order chi connectivity index (χ1) is 6.47. The van der Waals surface area contributed by atoms with Crippen LogP contribution in [-0.4, -0.2) is 42.8 Å². The van der Waals surface area contributed by atoms with E-state index in [0.29, 0.717) is 0 Å². The number of hydrogen-bond acceptors (Lipinski definition) is 4. The Kier molecular flexibility index (Phi) is 5.05. The molecule has 0 bridgehead atoms. The number of urea groups is 1. The molecule has 0 radical (unpaired) electrons. The van der Waals surface area contributed by atoms with Gasteiger partial charge >= 0.3 is 18.0 Å². The molecule has 0 rings (SSSR count). The van der Waals surface area contributed by atoms with Crippen molar-refractivity contribution in [3.63, 3.8) is 0 Å². The molecule has 1 atom stereocenters. The van der Waals surface area contributed by atoms with Gasteiger partial charge in [0.2, 0.25) is 0 Å². The third-order valence-electron chi connectivity index (χ3n) is 1.34. The quantitative estimate of drug-likeness (QED) is 0.506. The smallest absolute Gasteiger partial charge is 0.325 e. The first-order valence-corrected chi connectivity index (χ1v) is 3.81. The Morgan fingerprint density at radius 2 is 2.00 bits per heavy atom. The maximum Gasteiger partial charge on any atom is 0.325 e. The second-order valence-corrected chi connectivity index (χ2v) is 2.46. The van der Waals surface area contributed by atoms with Crippen molar-refractivity contribution in [1.82, 2.24) is 10.6 Å². The Labute approximate surface area is 80.4 Å². The molecule has 0 aromatic rings. The van der Waals surface area contributed by atoms with Crippen molar-refractivity contribution in [2.45, 2.75) is 13.0 Å². The summed E-state index contributed by atoms with van der Waals surface area (Å²) in [6.07, 6.45) is 0. The molecular weight excluding hydrogens is 192 g/mol. The third-order valence-corrected chi connectivity index (χ3v) is 1.34. The zero-order chi connectivity index (χ0) is 11.1. The van der Waals surface area contributed by atoms with Crippen molar-refractivity contribution >= 4 is 18.0 Å². The van der Waals surface area contributed by atoms with Gasteiger partial charge in [-0.15, -0.1) is 0 Å². The molecule has 0 heterocycles. The van der Waals surface area contributed by atoms with E-state index in [1.54, 1.807) is 0 Å². The molecule has 0 aliphatic rings. The molecule has 0 aromatic heterocycles. The molecule has 0 aliphatic carbocycles. The van der Waals surface area contributed by atoms with E-state index in [-0.39, 0.29) is 6.54 Å². The van der Waals surface area contributed by atoms with Crippen LogP contribution in [0, 0.1) is 0 Å². The number of carbonyl (C=O) groups excluding carboxylic acids is 2. The number of esters is 1. The minimum Gasteiger partial charge on any atom is -0.480 e. The largest absolute Gasteiger partial charge is 0.480 e. The first-order valence-electron chi connectivity index (χ1n) is 3.81. The summed E-state index contributed by atoms with van der Waals surface area (Å²) in [6.45, 7) is 1.01. The van der Waals surface area contributed by atoms with E-state index in [2.05, 4.69) is 15.4 Å². The average Bonchev–Trinajstić information content (AvgIpc) is 2.13. The zero-order valence-electron chi connectivity index (χ0n) is 7.86. The van der Waals surface area contributed by atoms with Crippen LogP contribution >= 0.6 is 0 Å². The lowest BCUT2D eigenvalue weighted by Crippen LogP contribution is -2.45. The molecule has 2 amide bonds. The van der Waals surface area contributed by atoms with Crippen LogP contribution in [0.4, 0.5) is 4.79 Å². The number of carboxylic acid groups (broad SMARTS) is 1. The molecule has 7 nitrogen and oxygen atoms in total. The van der Waals surface area contributed by atoms with Gasteiger partial charge in [0, 0.05) is 0 Å². The number of amides is 2. The minimum atomic E-state index is -1.15. The first kappa shape index (κ1) is 12.2. The summed E-state index contributed by atoms with van der Waals surface area (Å²) in [5, 5.41) is 12.7. The summed E-state index contributed by atoms with van der Waals surface area (Å²) in [6, 6.07) is -1.74. The number of nitrogens with one attached hydrogen (secondary N) is 2. The van der Waals surface area contributed by atoms with Gasteiger partial charge in [-0.2, -0.15) is 0 Å². The molecule has 80 valence electrons. The van der Waals surface area contributed by atoms with Gasteiger partial charge in [0.1, 0.15) is 12.6 Å². The van der Waals surface area contributed by atoms with E-state index in [1.165, 1.54) is 14.0 Å². The van der Waals surface area contributed by atoms with Crippen molar-refractivity contribution in [1.29, 1.82) is 0 Å². The highest BCUT2D eigenvalue weighted by Gasteiger charge is 2.13. The number of hydrogen-bond donors (Lipinski definition) is 3. The molecule has 3 N–H and O–H groups in total. The second-order valence-electron chi connectivity index (χ2n) is 2.46. The van der Waals surface area contributed by atoms with E-state index in [9.17, 15) is 14.4 Å². The summed E-state index contributed by atoms with van der Waals surface area (Å²) >= 11 is 0. The molecule has 14 heavy (non-hydrogen) atoms. The highest BCUT2D eigenvalue weighted by Crippen LogP contribution is 1.80. The van der Waals surface area contributed by atoms with Gasteiger partial charge in [-0.05, 0) is 6.92 Å². The number of carboxylic acids is 1. The normalized spacial score (nSPS) is 11.3. The SMILES string of the molecule is COC(=O)CNC(=O)N[C@@H](C)C(=O)O. The number of carbonyl (C=O) groups is 3. The van der Waals surface area contributed by atoms with Crippen LogP contribution in [0.2, 0.25) is 0 Å². The fourth-order valence-electron chi connectivity index (χ4n) is 0.534. The maximum absolute atomic E-state index is 10.9. The van der Waals surface area contributed by atoms with Gasteiger partial charge < -0.3 is 20.5 Å². The average molecular weight is 204 g/mol. The van der Waals surface area contributed by atoms with Gasteiger partial charge in [-0.3, -0.25) is 9.59 Å². The van der Waals surface area contributed by atoms with Crippen molar-refractivity contribution in [2.75, 3.05) is 13.7 Å². The molecule has 0 unspecified atom stereocenters. The van der Waals surface area contributed by atoms with E-state index >= 15 is 0 Å². The molecule has 7 heteroatoms. The highest BCUT2D eigenvalue weighted by molar-refractivity contribution is 5.84. The van der Waals surface area contributed by atoms with Crippen LogP contribution in [0.1, 0.15) is 6.92 Å². The van der Waals surface area contributed by atoms with Gasteiger partial charge in [0.05, 0.1) is 7.11 Å². The van der Waals surface area contributed by atoms with Crippen molar-refractivity contribution in [2.24, 2.45) is 0 Å². The summed E-state index contributed by atoms with van der Waals surface area (Å²) in [7, 11) is 1.18. The number of methoxy groups -OCH3 is 1. The van der Waals surface area contributed by atoms with Crippen LogP contribution in [-0.2, 0) is 14.3 Å². The summed E-state index contributed by atoms with van der Waals surface area (Å²) < 4.78 is 4.26. The van der Waals surface area contributed by atoms with Crippen molar-refractivity contribution < 1.29 is 24.2 Å². The van der Waals surface area contributed by atoms with Gasteiger partial charge in [0.15, 0.2) is 0 Å². The zero-order valence-corrected chi connectivity index (χ0v) is 7.86. The lowest BCUT2D eigenvalue weighted by molar-refractivity contribution is -0.139. The molecule has 0 fully saturated rings. The third kappa shape index (κ3) is 4.96. The maximum atomic E-state index is 10.9. The van der Waals surface area contributed by atoms with E-state index in [4.69, 9.17) is 5.11 Å². The fraction of sp³-hybridized carbons (Fsp3) is 0.571. The topological polar surface area (TPSA) is 105 Å². The molecule has 0 aliphatic heterocycles. The van der Waals surface area contributed by atoms with Crippen LogP contribution < -0.4 is 10.6 Å². The van der Waals surface area contributed by atoms with Crippen LogP contribution in [0.3, 0.4) is 0 Å². The molecule has 0 saturated carbocycles. The van der Waals surface area contributed by atoms with Crippen LogP contribution in [0.5, 0.6) is 0 Å². The lowest BCUT2D eigenvalue weighted by Gasteiger charge is -2.09. The predicted octanol–water partition coefficient (Wildman–Crippen LogP) is -1.07. The number of rotatable bonds is 4. The van der Waals surface area contributed by atoms with Crippen LogP contribution in [0.15, 0.2) is 0 Å². The Morgan fingerprint density at radius 1 is 1.43 bits per heavy atom. The lowest BCUT2D eigenvalue weighted by atomic mass is 10.3. The molecular formula is C7H12N2O5. The standard InChI is InChI=1S/C7H12N2O5/c1-4(6(11)12)9-7(13)8-3-5(10)14-2/h4H,3H2,1-2H3,(H,11,12)(H2,8,9,13)/t4-/m0/s1. The summed E-state index contributed by atoms with van der Waals surface area (Å²) in [5.41, 5.74) is 0. The van der Waals surface area contributed by atoms with Crippen molar-refractivity contribution in [3.05, 3.63) is 0 Å². The van der Waals surface area contributed by atoms with E-state index in [0.717, 1.165) is 0 Å². The van der Waals surface area contributed by atoms with E-state index in [1.807, 2.05) is 0 Å².